The van der Waals surface area contributed by atoms with Crippen LogP contribution in [0.5, 0.6) is 0 Å². The molecule has 0 fully saturated rings. The summed E-state index contributed by atoms with van der Waals surface area (Å²) in [5, 5.41) is 11.2. The van der Waals surface area contributed by atoms with Gasteiger partial charge in [-0.1, -0.05) is 18.2 Å². The molecule has 0 spiro atoms. The van der Waals surface area contributed by atoms with Crippen molar-refractivity contribution in [1.29, 1.82) is 0 Å². The Labute approximate surface area is 164 Å². The van der Waals surface area contributed by atoms with E-state index in [2.05, 4.69) is 15.3 Å². The van der Waals surface area contributed by atoms with E-state index < -0.39 is 21.3 Å². The van der Waals surface area contributed by atoms with Crippen LogP contribution in [0.1, 0.15) is 16.1 Å². The number of nitrogens with zero attached hydrogens (tertiary/aromatic N) is 3. The minimum absolute atomic E-state index is 0.0306. The summed E-state index contributed by atoms with van der Waals surface area (Å²) in [6.45, 7) is -0.0306. The van der Waals surface area contributed by atoms with Crippen molar-refractivity contribution in [2.45, 2.75) is 16.3 Å². The maximum Gasteiger partial charge on any atom is 0.274 e. The van der Waals surface area contributed by atoms with Gasteiger partial charge in [0.25, 0.3) is 11.5 Å². The van der Waals surface area contributed by atoms with Crippen molar-refractivity contribution >= 4 is 26.5 Å². The first-order valence-electron chi connectivity index (χ1n) is 8.50. The third-order valence-electron chi connectivity index (χ3n) is 4.48. The zero-order valence-electron chi connectivity index (χ0n) is 14.9. The summed E-state index contributed by atoms with van der Waals surface area (Å²) < 4.78 is 26.7. The highest BCUT2D eigenvalue weighted by Gasteiger charge is 2.19. The highest BCUT2D eigenvalue weighted by Crippen LogP contribution is 2.23. The summed E-state index contributed by atoms with van der Waals surface area (Å²) in [6.07, 6.45) is 2.69. The summed E-state index contributed by atoms with van der Waals surface area (Å²) >= 11 is 0. The summed E-state index contributed by atoms with van der Waals surface area (Å²) in [5.74, 6) is -0.668. The van der Waals surface area contributed by atoms with Gasteiger partial charge >= 0.3 is 0 Å². The van der Waals surface area contributed by atoms with Gasteiger partial charge in [-0.2, -0.15) is 10.2 Å². The van der Waals surface area contributed by atoms with E-state index in [9.17, 15) is 18.0 Å². The van der Waals surface area contributed by atoms with Crippen LogP contribution in [-0.4, -0.2) is 34.3 Å². The van der Waals surface area contributed by atoms with Crippen LogP contribution in [0.15, 0.2) is 75.5 Å². The molecular weight excluding hydrogens is 394 g/mol. The number of aromatic amines is 1. The predicted octanol–water partition coefficient (Wildman–Crippen LogP) is 1.10. The van der Waals surface area contributed by atoms with Crippen molar-refractivity contribution in [2.75, 3.05) is 0 Å². The Morgan fingerprint density at radius 2 is 1.83 bits per heavy atom. The number of aromatic nitrogens is 4. The molecule has 146 valence electrons. The first-order valence-corrected chi connectivity index (χ1v) is 9.98. The summed E-state index contributed by atoms with van der Waals surface area (Å²) in [6, 6.07) is 12.3. The Balaban J connectivity index is 1.75. The summed E-state index contributed by atoms with van der Waals surface area (Å²) in [5.41, 5.74) is 5.37. The molecule has 0 aliphatic carbocycles. The minimum atomic E-state index is -3.71. The molecule has 2 aromatic carbocycles. The number of sulfone groups is 1. The number of fused-ring (bicyclic) bond motifs is 1. The van der Waals surface area contributed by atoms with E-state index in [0.717, 1.165) is 4.68 Å². The van der Waals surface area contributed by atoms with Gasteiger partial charge in [-0.05, 0) is 30.3 Å². The predicted molar refractivity (Wildman–Crippen MR) is 104 cm³/mol. The fourth-order valence-electron chi connectivity index (χ4n) is 2.98. The molecule has 2 heterocycles. The number of nitrogens with one attached hydrogen (secondary N) is 1. The molecule has 4 aromatic rings. The van der Waals surface area contributed by atoms with Gasteiger partial charge in [-0.15, -0.1) is 0 Å². The molecule has 0 bridgehead atoms. The fraction of sp³-hybridized carbons (Fsp3) is 0.0526. The van der Waals surface area contributed by atoms with Crippen molar-refractivity contribution in [2.24, 2.45) is 5.73 Å². The molecule has 2 aromatic heterocycles. The minimum Gasteiger partial charge on any atom is -0.365 e. The molecule has 0 aliphatic rings. The number of hydrogen-bond acceptors (Lipinski definition) is 6. The number of benzene rings is 2. The lowest BCUT2D eigenvalue weighted by atomic mass is 10.2. The number of hydrogen-bond donors (Lipinski definition) is 2. The van der Waals surface area contributed by atoms with Crippen molar-refractivity contribution in [3.05, 3.63) is 82.5 Å². The topological polar surface area (TPSA) is 141 Å². The van der Waals surface area contributed by atoms with E-state index in [-0.39, 0.29) is 21.9 Å². The molecule has 0 atom stereocenters. The monoisotopic (exact) mass is 409 g/mol. The van der Waals surface area contributed by atoms with E-state index in [1.165, 1.54) is 42.7 Å². The number of carbonyl (C=O) groups excluding carboxylic acids is 1. The van der Waals surface area contributed by atoms with Gasteiger partial charge in [-0.25, -0.2) is 13.1 Å². The van der Waals surface area contributed by atoms with Crippen LogP contribution >= 0.6 is 0 Å². The number of H-pyrrole nitrogens is 1. The molecule has 0 aliphatic heterocycles. The molecule has 0 saturated heterocycles. The lowest BCUT2D eigenvalue weighted by Gasteiger charge is -2.08. The number of rotatable bonds is 5. The largest absolute Gasteiger partial charge is 0.365 e. The van der Waals surface area contributed by atoms with E-state index in [1.807, 2.05) is 0 Å². The van der Waals surface area contributed by atoms with Gasteiger partial charge in [0, 0.05) is 5.39 Å². The Morgan fingerprint density at radius 1 is 1.07 bits per heavy atom. The first-order chi connectivity index (χ1) is 13.9. The fourth-order valence-corrected chi connectivity index (χ4v) is 4.29. The quantitative estimate of drug-likeness (QED) is 0.506. The van der Waals surface area contributed by atoms with Crippen LogP contribution < -0.4 is 11.3 Å². The molecule has 29 heavy (non-hydrogen) atoms. The summed E-state index contributed by atoms with van der Waals surface area (Å²) in [4.78, 5) is 24.4. The zero-order chi connectivity index (χ0) is 20.6. The van der Waals surface area contributed by atoms with Crippen molar-refractivity contribution in [3.63, 3.8) is 0 Å². The van der Waals surface area contributed by atoms with E-state index in [0.29, 0.717) is 16.5 Å². The second-order valence-electron chi connectivity index (χ2n) is 6.30. The van der Waals surface area contributed by atoms with Crippen molar-refractivity contribution < 1.29 is 13.2 Å². The Morgan fingerprint density at radius 3 is 2.55 bits per heavy atom. The number of carbonyl (C=O) groups is 1. The molecule has 3 N–H and O–H groups in total. The van der Waals surface area contributed by atoms with Gasteiger partial charge < -0.3 is 5.73 Å². The maximum absolute atomic E-state index is 12.8. The lowest BCUT2D eigenvalue weighted by molar-refractivity contribution is 0.0999. The van der Waals surface area contributed by atoms with Gasteiger partial charge in [0.1, 0.15) is 0 Å². The normalized spacial score (nSPS) is 11.6. The average molecular weight is 409 g/mol. The first kappa shape index (κ1) is 18.6. The molecule has 0 unspecified atom stereocenters. The van der Waals surface area contributed by atoms with Crippen LogP contribution in [0.25, 0.3) is 10.8 Å². The van der Waals surface area contributed by atoms with Gasteiger partial charge in [0.2, 0.25) is 9.84 Å². The van der Waals surface area contributed by atoms with E-state index >= 15 is 0 Å². The molecule has 9 nitrogen and oxygen atoms in total. The molecule has 10 heteroatoms. The van der Waals surface area contributed by atoms with Crippen LogP contribution in [0.4, 0.5) is 0 Å². The number of amides is 1. The van der Waals surface area contributed by atoms with Crippen LogP contribution in [-0.2, 0) is 16.4 Å². The van der Waals surface area contributed by atoms with Crippen molar-refractivity contribution in [1.82, 2.24) is 20.0 Å². The second kappa shape index (κ2) is 6.99. The molecule has 4 rings (SSSR count). The van der Waals surface area contributed by atoms with Gasteiger partial charge in [0.05, 0.1) is 45.4 Å². The van der Waals surface area contributed by atoms with Crippen LogP contribution in [0.3, 0.4) is 0 Å². The second-order valence-corrected chi connectivity index (χ2v) is 8.25. The van der Waals surface area contributed by atoms with Gasteiger partial charge in [0.15, 0.2) is 0 Å². The molecular formula is C19H15N5O4S. The highest BCUT2D eigenvalue weighted by atomic mass is 32.2. The van der Waals surface area contributed by atoms with E-state index in [4.69, 9.17) is 5.73 Å². The number of nitrogens with two attached hydrogens (primary N) is 1. The van der Waals surface area contributed by atoms with Crippen LogP contribution in [0, 0.1) is 0 Å². The highest BCUT2D eigenvalue weighted by molar-refractivity contribution is 7.91. The maximum atomic E-state index is 12.8. The Hall–Kier alpha value is -3.79. The molecule has 0 saturated carbocycles. The average Bonchev–Trinajstić information content (AvgIpc) is 3.19. The zero-order valence-corrected chi connectivity index (χ0v) is 15.8. The Kier molecular flexibility index (Phi) is 4.47. The SMILES string of the molecule is NC(=O)c1cn[nH]c1Cn1ncc2cc(S(=O)(=O)c3ccccc3)ccc2c1=O. The van der Waals surface area contributed by atoms with Crippen molar-refractivity contribution in [3.8, 4) is 0 Å². The third kappa shape index (κ3) is 3.29. The smallest absolute Gasteiger partial charge is 0.274 e. The molecule has 0 radical (unpaired) electrons. The van der Waals surface area contributed by atoms with Gasteiger partial charge in [-0.3, -0.25) is 14.7 Å². The van der Waals surface area contributed by atoms with E-state index in [1.54, 1.807) is 18.2 Å². The van der Waals surface area contributed by atoms with Crippen LogP contribution in [0.2, 0.25) is 0 Å². The Bertz CT molecular complexity index is 1390. The lowest BCUT2D eigenvalue weighted by Crippen LogP contribution is -2.25. The number of primary amides is 1. The third-order valence-corrected chi connectivity index (χ3v) is 6.25. The summed E-state index contributed by atoms with van der Waals surface area (Å²) in [7, 11) is -3.71. The molecule has 1 amide bonds. The standard InChI is InChI=1S/C19H15N5O4S/c20-18(25)16-10-21-23-17(16)11-24-19(26)15-7-6-14(8-12(15)9-22-24)29(27,28)13-4-2-1-3-5-13/h1-10H,11H2,(H2,20,25)(H,21,23).